The first-order valence-electron chi connectivity index (χ1n) is 7.83. The maximum atomic E-state index is 11.9. The quantitative estimate of drug-likeness (QED) is 0.697. The standard InChI is InChI=1S/C19H19ClN2O2/c1-10(2)18(23)21-15-9-13(5-6-14(15)20)19-22-16-8-11(3)7-12(4)17(16)24-19/h5-10H,1-4H3,(H,21,23). The third kappa shape index (κ3) is 3.15. The second-order valence-corrected chi connectivity index (χ2v) is 6.69. The van der Waals surface area contributed by atoms with Gasteiger partial charge in [-0.05, 0) is 49.2 Å². The molecule has 1 N–H and O–H groups in total. The first kappa shape index (κ1) is 16.5. The Balaban J connectivity index is 2.03. The molecule has 0 unspecified atom stereocenters. The molecule has 2 aromatic carbocycles. The van der Waals surface area contributed by atoms with Crippen molar-refractivity contribution in [2.75, 3.05) is 5.32 Å². The summed E-state index contributed by atoms with van der Waals surface area (Å²) in [5.74, 6) is 0.299. The number of hydrogen-bond donors (Lipinski definition) is 1. The Kier molecular flexibility index (Phi) is 4.33. The van der Waals surface area contributed by atoms with Crippen molar-refractivity contribution in [3.05, 3.63) is 46.5 Å². The fourth-order valence-corrected chi connectivity index (χ4v) is 2.70. The van der Waals surface area contributed by atoms with Crippen molar-refractivity contribution >= 4 is 34.3 Å². The number of hydrogen-bond acceptors (Lipinski definition) is 3. The summed E-state index contributed by atoms with van der Waals surface area (Å²) < 4.78 is 5.92. The molecule has 0 radical (unpaired) electrons. The smallest absolute Gasteiger partial charge is 0.227 e. The molecule has 0 fully saturated rings. The van der Waals surface area contributed by atoms with Gasteiger partial charge in [0.2, 0.25) is 11.8 Å². The Labute approximate surface area is 145 Å². The minimum Gasteiger partial charge on any atom is -0.436 e. The van der Waals surface area contributed by atoms with E-state index in [-0.39, 0.29) is 11.8 Å². The van der Waals surface area contributed by atoms with E-state index < -0.39 is 0 Å². The molecule has 0 aliphatic rings. The number of anilines is 1. The zero-order chi connectivity index (χ0) is 17.4. The molecule has 0 bridgehead atoms. The molecule has 0 saturated heterocycles. The van der Waals surface area contributed by atoms with Crippen molar-refractivity contribution in [3.63, 3.8) is 0 Å². The number of amides is 1. The highest BCUT2D eigenvalue weighted by Gasteiger charge is 2.14. The van der Waals surface area contributed by atoms with E-state index in [1.165, 1.54) is 0 Å². The minimum absolute atomic E-state index is 0.0851. The molecule has 124 valence electrons. The Hall–Kier alpha value is -2.33. The normalized spacial score (nSPS) is 11.2. The van der Waals surface area contributed by atoms with Crippen molar-refractivity contribution < 1.29 is 9.21 Å². The van der Waals surface area contributed by atoms with Crippen LogP contribution in [-0.4, -0.2) is 10.9 Å². The average molecular weight is 343 g/mol. The molecule has 0 atom stereocenters. The number of carbonyl (C=O) groups excluding carboxylic acids is 1. The molecular formula is C19H19ClN2O2. The van der Waals surface area contributed by atoms with Crippen molar-refractivity contribution in [3.8, 4) is 11.5 Å². The van der Waals surface area contributed by atoms with Gasteiger partial charge < -0.3 is 9.73 Å². The molecule has 1 amide bonds. The molecular weight excluding hydrogens is 324 g/mol. The van der Waals surface area contributed by atoms with Gasteiger partial charge in [0.05, 0.1) is 10.7 Å². The van der Waals surface area contributed by atoms with Gasteiger partial charge in [-0.25, -0.2) is 4.98 Å². The highest BCUT2D eigenvalue weighted by molar-refractivity contribution is 6.33. The van der Waals surface area contributed by atoms with Crippen LogP contribution in [0.4, 0.5) is 5.69 Å². The van der Waals surface area contributed by atoms with E-state index in [0.29, 0.717) is 16.6 Å². The first-order valence-corrected chi connectivity index (χ1v) is 8.21. The lowest BCUT2D eigenvalue weighted by Gasteiger charge is -2.10. The Morgan fingerprint density at radius 1 is 1.21 bits per heavy atom. The van der Waals surface area contributed by atoms with Crippen LogP contribution in [0.3, 0.4) is 0 Å². The molecule has 24 heavy (non-hydrogen) atoms. The van der Waals surface area contributed by atoms with Gasteiger partial charge in [0, 0.05) is 11.5 Å². The van der Waals surface area contributed by atoms with Gasteiger partial charge in [-0.3, -0.25) is 4.79 Å². The maximum absolute atomic E-state index is 11.9. The summed E-state index contributed by atoms with van der Waals surface area (Å²) in [7, 11) is 0. The van der Waals surface area contributed by atoms with Crippen LogP contribution < -0.4 is 5.32 Å². The second-order valence-electron chi connectivity index (χ2n) is 6.29. The van der Waals surface area contributed by atoms with Crippen LogP contribution in [0.15, 0.2) is 34.7 Å². The van der Waals surface area contributed by atoms with Crippen molar-refractivity contribution in [1.82, 2.24) is 4.98 Å². The van der Waals surface area contributed by atoms with E-state index in [1.807, 2.05) is 39.8 Å². The third-order valence-electron chi connectivity index (χ3n) is 3.82. The zero-order valence-electron chi connectivity index (χ0n) is 14.1. The summed E-state index contributed by atoms with van der Waals surface area (Å²) in [6.45, 7) is 7.70. The molecule has 0 aliphatic heterocycles. The number of benzene rings is 2. The predicted molar refractivity (Wildman–Crippen MR) is 97.4 cm³/mol. The fraction of sp³-hybridized carbons (Fsp3) is 0.263. The fourth-order valence-electron chi connectivity index (χ4n) is 2.53. The highest BCUT2D eigenvalue weighted by Crippen LogP contribution is 2.31. The van der Waals surface area contributed by atoms with Crippen LogP contribution in [0.2, 0.25) is 5.02 Å². The van der Waals surface area contributed by atoms with Gasteiger partial charge in [-0.2, -0.15) is 0 Å². The topological polar surface area (TPSA) is 55.1 Å². The van der Waals surface area contributed by atoms with E-state index in [9.17, 15) is 4.79 Å². The number of oxazole rings is 1. The van der Waals surface area contributed by atoms with Crippen molar-refractivity contribution in [1.29, 1.82) is 0 Å². The Morgan fingerprint density at radius 3 is 2.67 bits per heavy atom. The number of aromatic nitrogens is 1. The highest BCUT2D eigenvalue weighted by atomic mass is 35.5. The van der Waals surface area contributed by atoms with Gasteiger partial charge in [-0.15, -0.1) is 0 Å². The molecule has 0 spiro atoms. The summed E-state index contributed by atoms with van der Waals surface area (Å²) in [6, 6.07) is 9.41. The molecule has 4 nitrogen and oxygen atoms in total. The summed E-state index contributed by atoms with van der Waals surface area (Å²) >= 11 is 6.19. The summed E-state index contributed by atoms with van der Waals surface area (Å²) in [6.07, 6.45) is 0. The number of carbonyl (C=O) groups is 1. The van der Waals surface area contributed by atoms with E-state index in [2.05, 4.69) is 16.4 Å². The number of aryl methyl sites for hydroxylation is 2. The molecule has 0 saturated carbocycles. The maximum Gasteiger partial charge on any atom is 0.227 e. The van der Waals surface area contributed by atoms with E-state index >= 15 is 0 Å². The number of halogens is 1. The average Bonchev–Trinajstić information content (AvgIpc) is 2.93. The Bertz CT molecular complexity index is 929. The lowest BCUT2D eigenvalue weighted by Crippen LogP contribution is -2.17. The van der Waals surface area contributed by atoms with Gasteiger partial charge in [0.15, 0.2) is 5.58 Å². The Morgan fingerprint density at radius 2 is 1.96 bits per heavy atom. The van der Waals surface area contributed by atoms with Gasteiger partial charge in [-0.1, -0.05) is 31.5 Å². The first-order chi connectivity index (χ1) is 11.3. The second kappa shape index (κ2) is 6.29. The van der Waals surface area contributed by atoms with Crippen LogP contribution in [0.25, 0.3) is 22.6 Å². The summed E-state index contributed by atoms with van der Waals surface area (Å²) in [5, 5.41) is 3.32. The van der Waals surface area contributed by atoms with E-state index in [4.69, 9.17) is 16.0 Å². The molecule has 3 rings (SSSR count). The van der Waals surface area contributed by atoms with E-state index in [1.54, 1.807) is 12.1 Å². The van der Waals surface area contributed by atoms with E-state index in [0.717, 1.165) is 27.8 Å². The molecule has 0 aliphatic carbocycles. The zero-order valence-corrected chi connectivity index (χ0v) is 14.9. The number of nitrogens with one attached hydrogen (secondary N) is 1. The lowest BCUT2D eigenvalue weighted by molar-refractivity contribution is -0.118. The largest absolute Gasteiger partial charge is 0.436 e. The van der Waals surface area contributed by atoms with Crippen LogP contribution >= 0.6 is 11.6 Å². The monoisotopic (exact) mass is 342 g/mol. The van der Waals surface area contributed by atoms with Crippen molar-refractivity contribution in [2.45, 2.75) is 27.7 Å². The van der Waals surface area contributed by atoms with Crippen LogP contribution in [0.5, 0.6) is 0 Å². The predicted octanol–water partition coefficient (Wildman–Crippen LogP) is 5.36. The summed E-state index contributed by atoms with van der Waals surface area (Å²) in [5.41, 5.74) is 5.12. The molecule has 3 aromatic rings. The minimum atomic E-state index is -0.125. The van der Waals surface area contributed by atoms with Crippen molar-refractivity contribution in [2.24, 2.45) is 5.92 Å². The number of nitrogens with zero attached hydrogens (tertiary/aromatic N) is 1. The van der Waals surface area contributed by atoms with Gasteiger partial charge in [0.25, 0.3) is 0 Å². The molecule has 5 heteroatoms. The van der Waals surface area contributed by atoms with Crippen LogP contribution in [0.1, 0.15) is 25.0 Å². The third-order valence-corrected chi connectivity index (χ3v) is 4.15. The van der Waals surface area contributed by atoms with Crippen LogP contribution in [0, 0.1) is 19.8 Å². The van der Waals surface area contributed by atoms with Gasteiger partial charge >= 0.3 is 0 Å². The number of fused-ring (bicyclic) bond motifs is 1. The summed E-state index contributed by atoms with van der Waals surface area (Å²) in [4.78, 5) is 16.5. The molecule has 1 aromatic heterocycles. The molecule has 1 heterocycles. The SMILES string of the molecule is Cc1cc(C)c2oc(-c3ccc(Cl)c(NC(=O)C(C)C)c3)nc2c1. The van der Waals surface area contributed by atoms with Crippen LogP contribution in [-0.2, 0) is 4.79 Å². The lowest BCUT2D eigenvalue weighted by atomic mass is 10.1. The van der Waals surface area contributed by atoms with Gasteiger partial charge in [0.1, 0.15) is 5.52 Å². The number of rotatable bonds is 3.